The minimum absolute atomic E-state index is 0.0181. The SMILES string of the molecule is Cc1c(NC(=O)COc2ccc(N(Cc3ccc(F)cc3)S(C)(=O)=O)cc2)cccc1[N+](=O)[O-]. The van der Waals surface area contributed by atoms with E-state index < -0.39 is 26.7 Å². The van der Waals surface area contributed by atoms with Gasteiger partial charge >= 0.3 is 0 Å². The third-order valence-corrected chi connectivity index (χ3v) is 6.05. The predicted molar refractivity (Wildman–Crippen MR) is 126 cm³/mol. The maximum Gasteiger partial charge on any atom is 0.274 e. The number of ether oxygens (including phenoxy) is 1. The number of hydrogen-bond donors (Lipinski definition) is 1. The van der Waals surface area contributed by atoms with E-state index >= 15 is 0 Å². The monoisotopic (exact) mass is 487 g/mol. The van der Waals surface area contributed by atoms with E-state index in [9.17, 15) is 27.7 Å². The normalized spacial score (nSPS) is 11.0. The summed E-state index contributed by atoms with van der Waals surface area (Å²) in [6.45, 7) is 1.20. The Hall–Kier alpha value is -3.99. The number of sulfonamides is 1. The molecule has 3 aromatic carbocycles. The lowest BCUT2D eigenvalue weighted by molar-refractivity contribution is -0.385. The quantitative estimate of drug-likeness (QED) is 0.360. The molecule has 0 atom stereocenters. The van der Waals surface area contributed by atoms with Crippen LogP contribution in [0.4, 0.5) is 21.5 Å². The third kappa shape index (κ3) is 6.29. The zero-order valence-corrected chi connectivity index (χ0v) is 19.2. The molecule has 0 radical (unpaired) electrons. The van der Waals surface area contributed by atoms with Crippen molar-refractivity contribution in [2.24, 2.45) is 0 Å². The Bertz CT molecular complexity index is 1300. The van der Waals surface area contributed by atoms with E-state index in [-0.39, 0.29) is 18.8 Å². The molecular formula is C23H22FN3O6S. The summed E-state index contributed by atoms with van der Waals surface area (Å²) < 4.78 is 44.4. The maximum atomic E-state index is 13.1. The summed E-state index contributed by atoms with van der Waals surface area (Å²) in [7, 11) is -3.63. The summed E-state index contributed by atoms with van der Waals surface area (Å²) in [5.74, 6) is -0.604. The molecule has 1 N–H and O–H groups in total. The molecule has 0 heterocycles. The highest BCUT2D eigenvalue weighted by atomic mass is 32.2. The van der Waals surface area contributed by atoms with Gasteiger partial charge in [-0.15, -0.1) is 0 Å². The Morgan fingerprint density at radius 1 is 1.09 bits per heavy atom. The average molecular weight is 488 g/mol. The number of anilines is 2. The first-order valence-electron chi connectivity index (χ1n) is 10.0. The molecular weight excluding hydrogens is 465 g/mol. The number of nitro benzene ring substituents is 1. The minimum Gasteiger partial charge on any atom is -0.484 e. The molecule has 0 unspecified atom stereocenters. The van der Waals surface area contributed by atoms with Crippen molar-refractivity contribution in [2.45, 2.75) is 13.5 Å². The van der Waals surface area contributed by atoms with Crippen LogP contribution in [0.25, 0.3) is 0 Å². The Morgan fingerprint density at radius 3 is 2.32 bits per heavy atom. The van der Waals surface area contributed by atoms with E-state index in [1.807, 2.05) is 0 Å². The number of nitrogens with one attached hydrogen (secondary N) is 1. The van der Waals surface area contributed by atoms with Gasteiger partial charge in [0.25, 0.3) is 11.6 Å². The summed E-state index contributed by atoms with van der Waals surface area (Å²) in [5, 5.41) is 13.6. The van der Waals surface area contributed by atoms with Gasteiger partial charge in [0.1, 0.15) is 11.6 Å². The van der Waals surface area contributed by atoms with Crippen LogP contribution in [0.15, 0.2) is 66.7 Å². The van der Waals surface area contributed by atoms with Gasteiger partial charge in [0.05, 0.1) is 34.7 Å². The summed E-state index contributed by atoms with van der Waals surface area (Å²) in [6.07, 6.45) is 1.07. The van der Waals surface area contributed by atoms with E-state index in [1.54, 1.807) is 6.07 Å². The number of rotatable bonds is 9. The number of carbonyl (C=O) groups is 1. The lowest BCUT2D eigenvalue weighted by Gasteiger charge is -2.22. The molecule has 34 heavy (non-hydrogen) atoms. The highest BCUT2D eigenvalue weighted by molar-refractivity contribution is 7.92. The first-order valence-corrected chi connectivity index (χ1v) is 11.9. The van der Waals surface area contributed by atoms with Crippen molar-refractivity contribution in [3.8, 4) is 5.75 Å². The van der Waals surface area contributed by atoms with Gasteiger partial charge in [-0.3, -0.25) is 19.2 Å². The second kappa shape index (κ2) is 10.3. The van der Waals surface area contributed by atoms with Gasteiger partial charge in [-0.2, -0.15) is 0 Å². The van der Waals surface area contributed by atoms with Crippen LogP contribution >= 0.6 is 0 Å². The van der Waals surface area contributed by atoms with Crippen LogP contribution in [-0.4, -0.2) is 32.1 Å². The molecule has 0 aromatic heterocycles. The average Bonchev–Trinajstić information content (AvgIpc) is 2.78. The molecule has 3 rings (SSSR count). The largest absolute Gasteiger partial charge is 0.484 e. The molecule has 0 aliphatic carbocycles. The standard InChI is InChI=1S/C23H22FN3O6S/c1-16-21(4-3-5-22(16)27(29)30)25-23(28)15-33-20-12-10-19(11-13-20)26(34(2,31)32)14-17-6-8-18(24)9-7-17/h3-13H,14-15H2,1-2H3,(H,25,28). The fraction of sp³-hybridized carbons (Fsp3) is 0.174. The molecule has 0 saturated heterocycles. The second-order valence-electron chi connectivity index (χ2n) is 7.43. The van der Waals surface area contributed by atoms with Crippen LogP contribution in [0.2, 0.25) is 0 Å². The molecule has 178 valence electrons. The van der Waals surface area contributed by atoms with E-state index in [0.29, 0.717) is 28.3 Å². The van der Waals surface area contributed by atoms with Gasteiger partial charge in [0, 0.05) is 6.07 Å². The number of halogens is 1. The van der Waals surface area contributed by atoms with E-state index in [0.717, 1.165) is 6.26 Å². The first-order chi connectivity index (χ1) is 16.0. The second-order valence-corrected chi connectivity index (χ2v) is 9.34. The topological polar surface area (TPSA) is 119 Å². The van der Waals surface area contributed by atoms with E-state index in [4.69, 9.17) is 4.74 Å². The highest BCUT2D eigenvalue weighted by Gasteiger charge is 2.19. The fourth-order valence-electron chi connectivity index (χ4n) is 3.16. The van der Waals surface area contributed by atoms with E-state index in [2.05, 4.69) is 5.32 Å². The molecule has 0 aliphatic heterocycles. The van der Waals surface area contributed by atoms with Gasteiger partial charge < -0.3 is 10.1 Å². The van der Waals surface area contributed by atoms with Crippen molar-refractivity contribution in [1.29, 1.82) is 0 Å². The number of nitro groups is 1. The fourth-order valence-corrected chi connectivity index (χ4v) is 4.04. The lowest BCUT2D eigenvalue weighted by Crippen LogP contribution is -2.29. The van der Waals surface area contributed by atoms with Crippen LogP contribution in [0.1, 0.15) is 11.1 Å². The Labute approximate surface area is 196 Å². The van der Waals surface area contributed by atoms with Crippen LogP contribution in [-0.2, 0) is 21.4 Å². The summed E-state index contributed by atoms with van der Waals surface area (Å²) in [5.41, 5.74) is 1.51. The smallest absolute Gasteiger partial charge is 0.274 e. The van der Waals surface area contributed by atoms with Gasteiger partial charge in [-0.05, 0) is 55.0 Å². The zero-order valence-electron chi connectivity index (χ0n) is 18.4. The molecule has 0 spiro atoms. The van der Waals surface area contributed by atoms with E-state index in [1.165, 1.54) is 71.9 Å². The first kappa shape index (κ1) is 24.6. The molecule has 1 amide bonds. The van der Waals surface area contributed by atoms with Crippen LogP contribution in [0.3, 0.4) is 0 Å². The summed E-state index contributed by atoms with van der Waals surface area (Å²) >= 11 is 0. The molecule has 0 bridgehead atoms. The number of amides is 1. The van der Waals surface area contributed by atoms with Gasteiger partial charge in [0.15, 0.2) is 6.61 Å². The number of hydrogen-bond acceptors (Lipinski definition) is 6. The van der Waals surface area contributed by atoms with Gasteiger partial charge in [0.2, 0.25) is 10.0 Å². The van der Waals surface area contributed by atoms with Crippen molar-refractivity contribution in [3.63, 3.8) is 0 Å². The van der Waals surface area contributed by atoms with Crippen LogP contribution in [0.5, 0.6) is 5.75 Å². The van der Waals surface area contributed by atoms with Gasteiger partial charge in [-0.25, -0.2) is 12.8 Å². The molecule has 0 saturated carbocycles. The maximum absolute atomic E-state index is 13.1. The molecule has 0 fully saturated rings. The molecule has 0 aliphatic rings. The number of carbonyl (C=O) groups excluding carboxylic acids is 1. The Morgan fingerprint density at radius 2 is 1.74 bits per heavy atom. The third-order valence-electron chi connectivity index (χ3n) is 4.91. The molecule has 9 nitrogen and oxygen atoms in total. The van der Waals surface area contributed by atoms with Crippen molar-refractivity contribution >= 4 is 33.0 Å². The number of nitrogens with zero attached hydrogens (tertiary/aromatic N) is 2. The molecule has 3 aromatic rings. The Balaban J connectivity index is 1.65. The Kier molecular flexibility index (Phi) is 7.47. The van der Waals surface area contributed by atoms with Crippen LogP contribution in [0, 0.1) is 22.9 Å². The number of benzene rings is 3. The van der Waals surface area contributed by atoms with Crippen molar-refractivity contribution in [3.05, 3.63) is 93.8 Å². The summed E-state index contributed by atoms with van der Waals surface area (Å²) in [4.78, 5) is 22.7. The van der Waals surface area contributed by atoms with Crippen molar-refractivity contribution in [1.82, 2.24) is 0 Å². The highest BCUT2D eigenvalue weighted by Crippen LogP contribution is 2.26. The lowest BCUT2D eigenvalue weighted by atomic mass is 10.1. The van der Waals surface area contributed by atoms with Crippen molar-refractivity contribution < 1.29 is 27.3 Å². The summed E-state index contributed by atoms with van der Waals surface area (Å²) in [6, 6.07) is 16.0. The molecule has 11 heteroatoms. The predicted octanol–water partition coefficient (Wildman–Crippen LogP) is 4.03. The minimum atomic E-state index is -3.63. The van der Waals surface area contributed by atoms with Crippen LogP contribution < -0.4 is 14.4 Å². The van der Waals surface area contributed by atoms with Gasteiger partial charge in [-0.1, -0.05) is 18.2 Å². The van der Waals surface area contributed by atoms with Crippen molar-refractivity contribution in [2.75, 3.05) is 22.5 Å². The zero-order chi connectivity index (χ0) is 24.9.